The van der Waals surface area contributed by atoms with Gasteiger partial charge in [0.1, 0.15) is 6.61 Å². The zero-order valence-corrected chi connectivity index (χ0v) is 14.2. The van der Waals surface area contributed by atoms with Crippen molar-refractivity contribution in [1.82, 2.24) is 9.96 Å². The summed E-state index contributed by atoms with van der Waals surface area (Å²) >= 11 is 0. The molecule has 1 fully saturated rings. The minimum absolute atomic E-state index is 0.0982. The highest BCUT2D eigenvalue weighted by atomic mass is 16.7. The molecule has 0 aromatic rings. The number of hydroxylamine groups is 2. The predicted molar refractivity (Wildman–Crippen MR) is 86.4 cm³/mol. The van der Waals surface area contributed by atoms with Gasteiger partial charge in [-0.3, -0.25) is 9.63 Å². The number of rotatable bonds is 4. The molecule has 2 amide bonds. The first kappa shape index (κ1) is 17.5. The number of hydrogen-bond donors (Lipinski definition) is 0. The van der Waals surface area contributed by atoms with Crippen LogP contribution in [0.2, 0.25) is 0 Å². The van der Waals surface area contributed by atoms with Gasteiger partial charge in [-0.2, -0.15) is 0 Å². The topological polar surface area (TPSA) is 59.1 Å². The molecule has 0 spiro atoms. The number of carbonyl (C=O) groups excluding carboxylic acids is 2. The third-order valence-corrected chi connectivity index (χ3v) is 4.35. The van der Waals surface area contributed by atoms with Gasteiger partial charge in [0.15, 0.2) is 0 Å². The summed E-state index contributed by atoms with van der Waals surface area (Å²) < 4.78 is 5.41. The van der Waals surface area contributed by atoms with E-state index in [2.05, 4.69) is 13.0 Å². The van der Waals surface area contributed by atoms with Gasteiger partial charge in [0, 0.05) is 20.1 Å². The second-order valence-corrected chi connectivity index (χ2v) is 6.25. The van der Waals surface area contributed by atoms with E-state index in [0.717, 1.165) is 24.8 Å². The van der Waals surface area contributed by atoms with Crippen molar-refractivity contribution in [3.63, 3.8) is 0 Å². The Labute approximate surface area is 137 Å². The Hall–Kier alpha value is -1.82. The number of amides is 2. The molecule has 0 saturated carbocycles. The van der Waals surface area contributed by atoms with Crippen molar-refractivity contribution in [3.05, 3.63) is 23.8 Å². The van der Waals surface area contributed by atoms with Crippen molar-refractivity contribution in [2.24, 2.45) is 11.8 Å². The third kappa shape index (κ3) is 4.82. The summed E-state index contributed by atoms with van der Waals surface area (Å²) in [5, 5.41) is 1.22. The highest BCUT2D eigenvalue weighted by molar-refractivity contribution is 5.79. The lowest BCUT2D eigenvalue weighted by Gasteiger charge is -2.32. The summed E-state index contributed by atoms with van der Waals surface area (Å²) in [6.07, 6.45) is 8.29. The standard InChI is InChI=1S/C17H26N2O4/c1-13-6-4-7-14(10-13)12-23-17(21)19-9-5-8-15(11-19)16(20)18(2)22-3/h4,6-7,13,15H,5,8-12H2,1-3H3. The quantitative estimate of drug-likeness (QED) is 0.746. The maximum Gasteiger partial charge on any atom is 0.410 e. The minimum Gasteiger partial charge on any atom is -0.445 e. The fourth-order valence-corrected chi connectivity index (χ4v) is 2.98. The van der Waals surface area contributed by atoms with Crippen molar-refractivity contribution < 1.29 is 19.2 Å². The first-order valence-corrected chi connectivity index (χ1v) is 8.11. The number of ether oxygens (including phenoxy) is 1. The van der Waals surface area contributed by atoms with E-state index in [0.29, 0.717) is 25.6 Å². The van der Waals surface area contributed by atoms with Crippen LogP contribution in [0.3, 0.4) is 0 Å². The van der Waals surface area contributed by atoms with Gasteiger partial charge in [-0.05, 0) is 30.8 Å². The van der Waals surface area contributed by atoms with Crippen molar-refractivity contribution in [1.29, 1.82) is 0 Å². The molecule has 2 rings (SSSR count). The fraction of sp³-hybridized carbons (Fsp3) is 0.647. The van der Waals surface area contributed by atoms with Gasteiger partial charge < -0.3 is 9.64 Å². The van der Waals surface area contributed by atoms with Crippen molar-refractivity contribution in [2.75, 3.05) is 33.9 Å². The van der Waals surface area contributed by atoms with Gasteiger partial charge >= 0.3 is 6.09 Å². The van der Waals surface area contributed by atoms with E-state index in [4.69, 9.17) is 9.57 Å². The molecule has 128 valence electrons. The van der Waals surface area contributed by atoms with Crippen LogP contribution in [0.5, 0.6) is 0 Å². The predicted octanol–water partition coefficient (Wildman–Crippen LogP) is 2.38. The van der Waals surface area contributed by atoms with E-state index < -0.39 is 0 Å². The number of nitrogens with zero attached hydrogens (tertiary/aromatic N) is 2. The molecule has 2 atom stereocenters. The molecule has 1 heterocycles. The van der Waals surface area contributed by atoms with E-state index in [-0.39, 0.29) is 17.9 Å². The molecule has 6 nitrogen and oxygen atoms in total. The smallest absolute Gasteiger partial charge is 0.410 e. The van der Waals surface area contributed by atoms with Crippen LogP contribution in [0.15, 0.2) is 23.8 Å². The Balaban J connectivity index is 1.83. The highest BCUT2D eigenvalue weighted by Gasteiger charge is 2.31. The minimum atomic E-state index is -0.342. The molecule has 2 aliphatic rings. The lowest BCUT2D eigenvalue weighted by Crippen LogP contribution is -2.46. The van der Waals surface area contributed by atoms with Crippen molar-refractivity contribution in [2.45, 2.75) is 26.2 Å². The van der Waals surface area contributed by atoms with Crippen LogP contribution < -0.4 is 0 Å². The molecular weight excluding hydrogens is 296 g/mol. The first-order valence-electron chi connectivity index (χ1n) is 8.11. The van der Waals surface area contributed by atoms with Crippen LogP contribution in [0, 0.1) is 11.8 Å². The van der Waals surface area contributed by atoms with E-state index in [1.165, 1.54) is 12.2 Å². The Bertz CT molecular complexity index is 501. The van der Waals surface area contributed by atoms with E-state index in [9.17, 15) is 9.59 Å². The monoisotopic (exact) mass is 322 g/mol. The largest absolute Gasteiger partial charge is 0.445 e. The second kappa shape index (κ2) is 8.15. The summed E-state index contributed by atoms with van der Waals surface area (Å²) in [5.74, 6) is 0.160. The number of piperidine rings is 1. The van der Waals surface area contributed by atoms with Crippen LogP contribution in [-0.4, -0.2) is 55.8 Å². The molecule has 0 aromatic carbocycles. The molecule has 0 bridgehead atoms. The molecule has 1 saturated heterocycles. The molecule has 0 N–H and O–H groups in total. The SMILES string of the molecule is CON(C)C(=O)C1CCCN(C(=O)OCC2=CC=CC(C)C2)C1. The summed E-state index contributed by atoms with van der Waals surface area (Å²) in [4.78, 5) is 30.9. The number of likely N-dealkylation sites (tertiary alicyclic amines) is 1. The Morgan fingerprint density at radius 3 is 2.91 bits per heavy atom. The molecule has 6 heteroatoms. The van der Waals surface area contributed by atoms with Crippen LogP contribution in [0.25, 0.3) is 0 Å². The summed E-state index contributed by atoms with van der Waals surface area (Å²) in [7, 11) is 3.05. The van der Waals surface area contributed by atoms with Crippen LogP contribution >= 0.6 is 0 Å². The number of hydrogen-bond acceptors (Lipinski definition) is 4. The third-order valence-electron chi connectivity index (χ3n) is 4.35. The molecule has 0 radical (unpaired) electrons. The van der Waals surface area contributed by atoms with Gasteiger partial charge in [-0.15, -0.1) is 0 Å². The molecule has 1 aliphatic carbocycles. The van der Waals surface area contributed by atoms with Gasteiger partial charge in [-0.25, -0.2) is 9.86 Å². The van der Waals surface area contributed by atoms with Gasteiger partial charge in [0.2, 0.25) is 0 Å². The normalized spacial score (nSPS) is 24.1. The maximum absolute atomic E-state index is 12.2. The van der Waals surface area contributed by atoms with Crippen LogP contribution in [0.1, 0.15) is 26.2 Å². The number of allylic oxidation sites excluding steroid dienone is 3. The first-order chi connectivity index (χ1) is 11.0. The Morgan fingerprint density at radius 2 is 2.22 bits per heavy atom. The zero-order chi connectivity index (χ0) is 16.8. The highest BCUT2D eigenvalue weighted by Crippen LogP contribution is 2.21. The summed E-state index contributed by atoms with van der Waals surface area (Å²) in [6, 6.07) is 0. The molecule has 1 aliphatic heterocycles. The summed E-state index contributed by atoms with van der Waals surface area (Å²) in [5.41, 5.74) is 1.12. The van der Waals surface area contributed by atoms with Gasteiger partial charge in [0.05, 0.1) is 13.0 Å². The zero-order valence-electron chi connectivity index (χ0n) is 14.2. The van der Waals surface area contributed by atoms with Crippen LogP contribution in [0.4, 0.5) is 4.79 Å². The lowest BCUT2D eigenvalue weighted by molar-refractivity contribution is -0.174. The molecule has 23 heavy (non-hydrogen) atoms. The van der Waals surface area contributed by atoms with E-state index >= 15 is 0 Å². The number of carbonyl (C=O) groups is 2. The van der Waals surface area contributed by atoms with E-state index in [1.54, 1.807) is 11.9 Å². The average molecular weight is 322 g/mol. The summed E-state index contributed by atoms with van der Waals surface area (Å²) in [6.45, 7) is 3.48. The van der Waals surface area contributed by atoms with Gasteiger partial charge in [-0.1, -0.05) is 25.2 Å². The van der Waals surface area contributed by atoms with E-state index in [1.807, 2.05) is 12.2 Å². The lowest BCUT2D eigenvalue weighted by atomic mass is 9.96. The molecule has 0 aromatic heterocycles. The Kier molecular flexibility index (Phi) is 6.21. The average Bonchev–Trinajstić information content (AvgIpc) is 2.58. The van der Waals surface area contributed by atoms with Crippen LogP contribution in [-0.2, 0) is 14.4 Å². The molecular formula is C17H26N2O4. The fourth-order valence-electron chi connectivity index (χ4n) is 2.98. The van der Waals surface area contributed by atoms with Crippen molar-refractivity contribution in [3.8, 4) is 0 Å². The molecule has 2 unspecified atom stereocenters. The Morgan fingerprint density at radius 1 is 1.43 bits per heavy atom. The second-order valence-electron chi connectivity index (χ2n) is 6.25. The maximum atomic E-state index is 12.2. The van der Waals surface area contributed by atoms with Crippen molar-refractivity contribution >= 4 is 12.0 Å². The van der Waals surface area contributed by atoms with Gasteiger partial charge in [0.25, 0.3) is 5.91 Å².